The molecule has 0 radical (unpaired) electrons. The van der Waals surface area contributed by atoms with E-state index in [0.717, 1.165) is 26.5 Å². The molecule has 0 bridgehead atoms. The van der Waals surface area contributed by atoms with E-state index < -0.39 is 11.7 Å². The molecule has 1 heterocycles. The summed E-state index contributed by atoms with van der Waals surface area (Å²) >= 11 is 3.44. The number of aliphatic hydroxyl groups is 1. The van der Waals surface area contributed by atoms with Crippen molar-refractivity contribution in [2.24, 2.45) is 0 Å². The zero-order valence-corrected chi connectivity index (χ0v) is 13.6. The number of hydrogen-bond donors (Lipinski definition) is 1. The maximum absolute atomic E-state index is 12.2. The summed E-state index contributed by atoms with van der Waals surface area (Å²) in [6.07, 6.45) is 1.26. The van der Waals surface area contributed by atoms with E-state index in [1.165, 1.54) is 4.57 Å². The lowest BCUT2D eigenvalue weighted by Crippen LogP contribution is -2.26. The zero-order valence-electron chi connectivity index (χ0n) is 12.0. The molecule has 108 valence electrons. The maximum atomic E-state index is 12.2. The third kappa shape index (κ3) is 2.74. The van der Waals surface area contributed by atoms with Crippen molar-refractivity contribution in [2.45, 2.75) is 39.9 Å². The Hall–Kier alpha value is -1.33. The summed E-state index contributed by atoms with van der Waals surface area (Å²) in [5.74, 6) is 0. The first-order valence-corrected chi connectivity index (χ1v) is 7.17. The van der Waals surface area contributed by atoms with Gasteiger partial charge in [0.25, 0.3) is 0 Å². The molecule has 1 aromatic heterocycles. The Morgan fingerprint density at radius 1 is 1.45 bits per heavy atom. The maximum Gasteiger partial charge on any atom is 0.419 e. The van der Waals surface area contributed by atoms with Crippen LogP contribution in [0.4, 0.5) is 4.79 Å². The van der Waals surface area contributed by atoms with Gasteiger partial charge in [0, 0.05) is 21.6 Å². The Kier molecular flexibility index (Phi) is 3.93. The van der Waals surface area contributed by atoms with Crippen LogP contribution in [-0.2, 0) is 11.3 Å². The van der Waals surface area contributed by atoms with Crippen molar-refractivity contribution in [3.8, 4) is 0 Å². The normalized spacial score (nSPS) is 11.9. The van der Waals surface area contributed by atoms with Gasteiger partial charge in [-0.25, -0.2) is 4.79 Å². The molecular formula is C15H18BrNO3. The molecule has 0 unspecified atom stereocenters. The van der Waals surface area contributed by atoms with Crippen LogP contribution in [0.3, 0.4) is 0 Å². The smallest absolute Gasteiger partial charge is 0.419 e. The van der Waals surface area contributed by atoms with Crippen LogP contribution in [-0.4, -0.2) is 21.4 Å². The van der Waals surface area contributed by atoms with Crippen molar-refractivity contribution >= 4 is 32.9 Å². The van der Waals surface area contributed by atoms with E-state index in [1.54, 1.807) is 6.20 Å². The minimum atomic E-state index is -0.545. The molecule has 0 aliphatic carbocycles. The van der Waals surface area contributed by atoms with E-state index in [1.807, 2.05) is 39.8 Å². The predicted octanol–water partition coefficient (Wildman–Crippen LogP) is 3.99. The Labute approximate surface area is 126 Å². The summed E-state index contributed by atoms with van der Waals surface area (Å²) in [5.41, 5.74) is 1.94. The van der Waals surface area contributed by atoms with E-state index >= 15 is 0 Å². The van der Waals surface area contributed by atoms with Gasteiger partial charge in [0.2, 0.25) is 0 Å². The van der Waals surface area contributed by atoms with Gasteiger partial charge in [-0.05, 0) is 45.4 Å². The molecule has 0 saturated heterocycles. The number of ether oxygens (including phenoxy) is 1. The molecule has 0 fully saturated rings. The van der Waals surface area contributed by atoms with E-state index in [-0.39, 0.29) is 6.61 Å². The standard InChI is InChI=1S/C15H18BrNO3/c1-9-7-12(16)11(8-18)10-5-6-17(13(9)10)14(19)20-15(2,3)4/h5-7,18H,8H2,1-4H3. The fourth-order valence-corrected chi connectivity index (χ4v) is 2.86. The number of aryl methyl sites for hydroxylation is 1. The molecule has 0 atom stereocenters. The Morgan fingerprint density at radius 2 is 2.10 bits per heavy atom. The van der Waals surface area contributed by atoms with Gasteiger partial charge in [0.15, 0.2) is 0 Å². The highest BCUT2D eigenvalue weighted by molar-refractivity contribution is 9.10. The number of halogens is 1. The molecule has 0 aliphatic heterocycles. The second kappa shape index (κ2) is 5.22. The molecule has 0 saturated carbocycles. The predicted molar refractivity (Wildman–Crippen MR) is 81.9 cm³/mol. The largest absolute Gasteiger partial charge is 0.443 e. The zero-order chi connectivity index (χ0) is 15.1. The molecule has 0 aliphatic rings. The minimum Gasteiger partial charge on any atom is -0.443 e. The fourth-order valence-electron chi connectivity index (χ4n) is 2.18. The number of aliphatic hydroxyl groups excluding tert-OH is 1. The van der Waals surface area contributed by atoms with Crippen LogP contribution in [0, 0.1) is 6.92 Å². The third-order valence-corrected chi connectivity index (χ3v) is 3.67. The summed E-state index contributed by atoms with van der Waals surface area (Å²) in [7, 11) is 0. The monoisotopic (exact) mass is 339 g/mol. The first-order valence-electron chi connectivity index (χ1n) is 6.38. The van der Waals surface area contributed by atoms with Crippen LogP contribution >= 0.6 is 15.9 Å². The number of fused-ring (bicyclic) bond motifs is 1. The summed E-state index contributed by atoms with van der Waals surface area (Å²) in [5, 5.41) is 10.3. The SMILES string of the molecule is Cc1cc(Br)c(CO)c2ccn(C(=O)OC(C)(C)C)c12. The van der Waals surface area contributed by atoms with Crippen molar-refractivity contribution in [2.75, 3.05) is 0 Å². The van der Waals surface area contributed by atoms with Gasteiger partial charge in [0.05, 0.1) is 12.1 Å². The number of benzene rings is 1. The van der Waals surface area contributed by atoms with Crippen LogP contribution in [0.2, 0.25) is 0 Å². The summed E-state index contributed by atoms with van der Waals surface area (Å²) in [6, 6.07) is 3.72. The fraction of sp³-hybridized carbons (Fsp3) is 0.400. The molecular weight excluding hydrogens is 322 g/mol. The first kappa shape index (κ1) is 15.1. The highest BCUT2D eigenvalue weighted by Gasteiger charge is 2.21. The first-order chi connectivity index (χ1) is 9.24. The Balaban J connectivity index is 2.60. The molecule has 20 heavy (non-hydrogen) atoms. The number of aromatic nitrogens is 1. The molecule has 2 aromatic rings. The molecule has 1 aromatic carbocycles. The number of carbonyl (C=O) groups is 1. The highest BCUT2D eigenvalue weighted by atomic mass is 79.9. The van der Waals surface area contributed by atoms with E-state index in [2.05, 4.69) is 15.9 Å². The van der Waals surface area contributed by atoms with Crippen molar-refractivity contribution in [3.05, 3.63) is 33.9 Å². The van der Waals surface area contributed by atoms with Gasteiger partial charge in [-0.15, -0.1) is 0 Å². The second-order valence-corrected chi connectivity index (χ2v) is 6.59. The average molecular weight is 340 g/mol. The molecule has 2 rings (SSSR count). The topological polar surface area (TPSA) is 51.5 Å². The second-order valence-electron chi connectivity index (χ2n) is 5.74. The summed E-state index contributed by atoms with van der Waals surface area (Å²) in [4.78, 5) is 12.2. The quantitative estimate of drug-likeness (QED) is 0.854. The van der Waals surface area contributed by atoms with E-state index in [4.69, 9.17) is 4.74 Å². The lowest BCUT2D eigenvalue weighted by atomic mass is 10.1. The van der Waals surface area contributed by atoms with Gasteiger partial charge in [-0.2, -0.15) is 0 Å². The Morgan fingerprint density at radius 3 is 2.65 bits per heavy atom. The number of rotatable bonds is 1. The van der Waals surface area contributed by atoms with Crippen LogP contribution in [0.1, 0.15) is 31.9 Å². The van der Waals surface area contributed by atoms with Crippen molar-refractivity contribution < 1.29 is 14.6 Å². The van der Waals surface area contributed by atoms with Gasteiger partial charge >= 0.3 is 6.09 Å². The van der Waals surface area contributed by atoms with Crippen molar-refractivity contribution in [3.63, 3.8) is 0 Å². The van der Waals surface area contributed by atoms with Crippen LogP contribution < -0.4 is 0 Å². The van der Waals surface area contributed by atoms with Crippen LogP contribution in [0.15, 0.2) is 22.8 Å². The van der Waals surface area contributed by atoms with Crippen molar-refractivity contribution in [1.29, 1.82) is 0 Å². The molecule has 1 N–H and O–H groups in total. The molecule has 0 amide bonds. The minimum absolute atomic E-state index is 0.0876. The molecule has 5 heteroatoms. The summed E-state index contributed by atoms with van der Waals surface area (Å²) < 4.78 is 7.73. The van der Waals surface area contributed by atoms with Gasteiger partial charge in [-0.1, -0.05) is 15.9 Å². The Bertz CT molecular complexity index is 668. The van der Waals surface area contributed by atoms with E-state index in [0.29, 0.717) is 0 Å². The highest BCUT2D eigenvalue weighted by Crippen LogP contribution is 2.31. The average Bonchev–Trinajstić information content (AvgIpc) is 2.72. The summed E-state index contributed by atoms with van der Waals surface area (Å²) in [6.45, 7) is 7.34. The number of carbonyl (C=O) groups excluding carboxylic acids is 1. The lowest BCUT2D eigenvalue weighted by molar-refractivity contribution is 0.0544. The van der Waals surface area contributed by atoms with E-state index in [9.17, 15) is 9.90 Å². The van der Waals surface area contributed by atoms with Crippen LogP contribution in [0.5, 0.6) is 0 Å². The molecule has 0 spiro atoms. The van der Waals surface area contributed by atoms with Crippen molar-refractivity contribution in [1.82, 2.24) is 4.57 Å². The third-order valence-electron chi connectivity index (χ3n) is 2.96. The van der Waals surface area contributed by atoms with Gasteiger partial charge < -0.3 is 9.84 Å². The lowest BCUT2D eigenvalue weighted by Gasteiger charge is -2.20. The number of nitrogens with zero attached hydrogens (tertiary/aromatic N) is 1. The molecule has 4 nitrogen and oxygen atoms in total. The van der Waals surface area contributed by atoms with Gasteiger partial charge in [0.1, 0.15) is 5.60 Å². The van der Waals surface area contributed by atoms with Gasteiger partial charge in [-0.3, -0.25) is 4.57 Å². The number of hydrogen-bond acceptors (Lipinski definition) is 3. The van der Waals surface area contributed by atoms with Crippen LogP contribution in [0.25, 0.3) is 10.9 Å².